The molecule has 2 heteroatoms. The summed E-state index contributed by atoms with van der Waals surface area (Å²) in [6.07, 6.45) is 0.499. The van der Waals surface area contributed by atoms with Crippen LogP contribution in [0.3, 0.4) is 0 Å². The Hall–Kier alpha value is -1.44. The van der Waals surface area contributed by atoms with Crippen molar-refractivity contribution in [1.82, 2.24) is 0 Å². The van der Waals surface area contributed by atoms with Crippen molar-refractivity contribution >= 4 is 11.6 Å². The number of Topliss-reactive ketones (excluding diaryl/α,β-unsaturated/α-hetero) is 2. The fourth-order valence-corrected chi connectivity index (χ4v) is 1.09. The predicted molar refractivity (Wildman–Crippen MR) is 51.1 cm³/mol. The van der Waals surface area contributed by atoms with Crippen LogP contribution in [0, 0.1) is 0 Å². The van der Waals surface area contributed by atoms with E-state index in [-0.39, 0.29) is 11.6 Å². The molecule has 0 heterocycles. The summed E-state index contributed by atoms with van der Waals surface area (Å²) in [6, 6.07) is 6.77. The summed E-state index contributed by atoms with van der Waals surface area (Å²) in [7, 11) is 0. The van der Waals surface area contributed by atoms with E-state index in [1.165, 1.54) is 6.92 Å². The highest BCUT2D eigenvalue weighted by Gasteiger charge is 2.03. The molecule has 0 atom stereocenters. The Kier molecular flexibility index (Phi) is 2.96. The molecule has 2 nitrogen and oxygen atoms in total. The van der Waals surface area contributed by atoms with Gasteiger partial charge in [0.15, 0.2) is 11.6 Å². The Bertz CT molecular complexity index is 322. The van der Waals surface area contributed by atoms with Crippen molar-refractivity contribution in [2.24, 2.45) is 0 Å². The molecule has 0 fully saturated rings. The lowest BCUT2D eigenvalue weighted by molar-refractivity contribution is 0.0983. The summed E-state index contributed by atoms with van der Waals surface area (Å²) in [5.74, 6) is 0.130. The van der Waals surface area contributed by atoms with E-state index in [4.69, 9.17) is 0 Å². The van der Waals surface area contributed by atoms with Gasteiger partial charge in [-0.2, -0.15) is 0 Å². The number of hydrogen-bond donors (Lipinski definition) is 0. The molecule has 0 spiro atoms. The maximum absolute atomic E-state index is 11.2. The molecule has 0 amide bonds. The number of carbonyl (C=O) groups is 2. The summed E-state index contributed by atoms with van der Waals surface area (Å²) in [5.41, 5.74) is 1.32. The van der Waals surface area contributed by atoms with Crippen LogP contribution in [-0.2, 0) is 0 Å². The standard InChI is InChI=1S/C11H12O2/c1-3-11(13)10-6-4-9(5-7-10)8(2)12/h4-7H,3H2,1-2H3. The van der Waals surface area contributed by atoms with Crippen molar-refractivity contribution in [3.05, 3.63) is 35.4 Å². The van der Waals surface area contributed by atoms with Gasteiger partial charge in [-0.1, -0.05) is 31.2 Å². The lowest BCUT2D eigenvalue weighted by Crippen LogP contribution is -1.98. The Morgan fingerprint density at radius 2 is 1.54 bits per heavy atom. The minimum atomic E-state index is 0.0236. The molecular weight excluding hydrogens is 164 g/mol. The topological polar surface area (TPSA) is 34.1 Å². The first-order valence-electron chi connectivity index (χ1n) is 4.29. The second-order valence-corrected chi connectivity index (χ2v) is 2.91. The Balaban J connectivity index is 2.93. The van der Waals surface area contributed by atoms with Gasteiger partial charge in [-0.3, -0.25) is 9.59 Å². The molecule has 0 aliphatic carbocycles. The molecule has 0 N–H and O–H groups in total. The van der Waals surface area contributed by atoms with Crippen LogP contribution in [0.4, 0.5) is 0 Å². The zero-order valence-corrected chi connectivity index (χ0v) is 7.83. The third-order valence-corrected chi connectivity index (χ3v) is 1.93. The zero-order valence-electron chi connectivity index (χ0n) is 7.83. The van der Waals surface area contributed by atoms with E-state index >= 15 is 0 Å². The number of hydrogen-bond acceptors (Lipinski definition) is 2. The van der Waals surface area contributed by atoms with E-state index in [0.29, 0.717) is 17.5 Å². The predicted octanol–water partition coefficient (Wildman–Crippen LogP) is 2.48. The van der Waals surface area contributed by atoms with Gasteiger partial charge in [-0.15, -0.1) is 0 Å². The van der Waals surface area contributed by atoms with Crippen LogP contribution < -0.4 is 0 Å². The van der Waals surface area contributed by atoms with Crippen LogP contribution in [0.2, 0.25) is 0 Å². The van der Waals surface area contributed by atoms with Gasteiger partial charge in [-0.25, -0.2) is 0 Å². The van der Waals surface area contributed by atoms with Gasteiger partial charge in [0.05, 0.1) is 0 Å². The Morgan fingerprint density at radius 1 is 1.08 bits per heavy atom. The van der Waals surface area contributed by atoms with Crippen molar-refractivity contribution in [2.45, 2.75) is 20.3 Å². The number of carbonyl (C=O) groups excluding carboxylic acids is 2. The van der Waals surface area contributed by atoms with Crippen LogP contribution >= 0.6 is 0 Å². The molecule has 0 saturated heterocycles. The lowest BCUT2D eigenvalue weighted by atomic mass is 10.1. The minimum Gasteiger partial charge on any atom is -0.295 e. The fraction of sp³-hybridized carbons (Fsp3) is 0.273. The summed E-state index contributed by atoms with van der Waals surface area (Å²) >= 11 is 0. The van der Waals surface area contributed by atoms with Crippen molar-refractivity contribution in [3.8, 4) is 0 Å². The summed E-state index contributed by atoms with van der Waals surface area (Å²) in [4.78, 5) is 22.1. The van der Waals surface area contributed by atoms with E-state index in [9.17, 15) is 9.59 Å². The lowest BCUT2D eigenvalue weighted by Gasteiger charge is -1.98. The van der Waals surface area contributed by atoms with Gasteiger partial charge in [0.1, 0.15) is 0 Å². The highest BCUT2D eigenvalue weighted by Crippen LogP contribution is 2.07. The third kappa shape index (κ3) is 2.25. The maximum Gasteiger partial charge on any atom is 0.162 e. The van der Waals surface area contributed by atoms with Crippen molar-refractivity contribution < 1.29 is 9.59 Å². The molecule has 0 radical (unpaired) electrons. The first kappa shape index (κ1) is 9.65. The molecule has 68 valence electrons. The first-order valence-corrected chi connectivity index (χ1v) is 4.29. The van der Waals surface area contributed by atoms with E-state index in [1.54, 1.807) is 24.3 Å². The summed E-state index contributed by atoms with van der Waals surface area (Å²) in [5, 5.41) is 0. The van der Waals surface area contributed by atoms with Crippen LogP contribution in [-0.4, -0.2) is 11.6 Å². The minimum absolute atomic E-state index is 0.0236. The second-order valence-electron chi connectivity index (χ2n) is 2.91. The number of rotatable bonds is 3. The SMILES string of the molecule is CCC(=O)c1ccc(C(C)=O)cc1. The van der Waals surface area contributed by atoms with E-state index in [2.05, 4.69) is 0 Å². The second kappa shape index (κ2) is 3.99. The van der Waals surface area contributed by atoms with E-state index < -0.39 is 0 Å². The van der Waals surface area contributed by atoms with Crippen molar-refractivity contribution in [2.75, 3.05) is 0 Å². The molecule has 0 aliphatic rings. The molecule has 1 aromatic rings. The molecule has 0 unspecified atom stereocenters. The van der Waals surface area contributed by atoms with E-state index in [1.807, 2.05) is 6.92 Å². The van der Waals surface area contributed by atoms with Gasteiger partial charge in [0.25, 0.3) is 0 Å². The first-order chi connectivity index (χ1) is 6.15. The van der Waals surface area contributed by atoms with Crippen LogP contribution in [0.5, 0.6) is 0 Å². The zero-order chi connectivity index (χ0) is 9.84. The van der Waals surface area contributed by atoms with Gasteiger partial charge < -0.3 is 0 Å². The molecule has 0 bridgehead atoms. The molecule has 0 saturated carbocycles. The van der Waals surface area contributed by atoms with Gasteiger partial charge in [0, 0.05) is 17.5 Å². The fourth-order valence-electron chi connectivity index (χ4n) is 1.09. The average molecular weight is 176 g/mol. The van der Waals surface area contributed by atoms with Crippen LogP contribution in [0.25, 0.3) is 0 Å². The van der Waals surface area contributed by atoms with Crippen molar-refractivity contribution in [1.29, 1.82) is 0 Å². The van der Waals surface area contributed by atoms with Gasteiger partial charge >= 0.3 is 0 Å². The maximum atomic E-state index is 11.2. The number of ketones is 2. The van der Waals surface area contributed by atoms with Crippen LogP contribution in [0.15, 0.2) is 24.3 Å². The van der Waals surface area contributed by atoms with Crippen LogP contribution in [0.1, 0.15) is 41.0 Å². The number of benzene rings is 1. The highest BCUT2D eigenvalue weighted by molar-refractivity contribution is 5.98. The Labute approximate surface area is 77.6 Å². The largest absolute Gasteiger partial charge is 0.295 e. The molecular formula is C11H12O2. The molecule has 0 aromatic heterocycles. The quantitative estimate of drug-likeness (QED) is 0.663. The summed E-state index contributed by atoms with van der Waals surface area (Å²) < 4.78 is 0. The third-order valence-electron chi connectivity index (χ3n) is 1.93. The van der Waals surface area contributed by atoms with Gasteiger partial charge in [0.2, 0.25) is 0 Å². The monoisotopic (exact) mass is 176 g/mol. The summed E-state index contributed by atoms with van der Waals surface area (Å²) in [6.45, 7) is 3.33. The molecule has 1 rings (SSSR count). The smallest absolute Gasteiger partial charge is 0.162 e. The Morgan fingerprint density at radius 3 is 1.92 bits per heavy atom. The molecule has 13 heavy (non-hydrogen) atoms. The molecule has 0 aliphatic heterocycles. The van der Waals surface area contributed by atoms with Crippen molar-refractivity contribution in [3.63, 3.8) is 0 Å². The van der Waals surface area contributed by atoms with Gasteiger partial charge in [-0.05, 0) is 6.92 Å². The highest BCUT2D eigenvalue weighted by atomic mass is 16.1. The normalized spacial score (nSPS) is 9.69. The van der Waals surface area contributed by atoms with E-state index in [0.717, 1.165) is 0 Å². The average Bonchev–Trinajstić information content (AvgIpc) is 2.17. The molecule has 1 aromatic carbocycles.